The maximum absolute atomic E-state index is 12.6. The summed E-state index contributed by atoms with van der Waals surface area (Å²) in [4.78, 5) is 25.3. The van der Waals surface area contributed by atoms with Crippen LogP contribution in [0.2, 0.25) is 0 Å². The van der Waals surface area contributed by atoms with Crippen LogP contribution in [0.25, 0.3) is 0 Å². The zero-order chi connectivity index (χ0) is 16.4. The average molecular weight is 313 g/mol. The lowest BCUT2D eigenvalue weighted by atomic mass is 10.1. The van der Waals surface area contributed by atoms with Crippen LogP contribution in [-0.4, -0.2) is 28.4 Å². The van der Waals surface area contributed by atoms with Crippen molar-refractivity contribution in [3.8, 4) is 0 Å². The molecule has 3 rings (SSSR count). The minimum atomic E-state index is -0.962. The van der Waals surface area contributed by atoms with Gasteiger partial charge in [-0.05, 0) is 49.6 Å². The standard InChI is InChI=1S/C18H19NO4/c1-12-4-9-16(23-12)15-3-2-10-19(15)17(20)11-13-5-7-14(8-6-13)18(21)22/h4-9,15H,2-3,10-11H2,1H3,(H,21,22). The molecule has 1 saturated heterocycles. The van der Waals surface area contributed by atoms with Gasteiger partial charge in [0.2, 0.25) is 5.91 Å². The van der Waals surface area contributed by atoms with E-state index >= 15 is 0 Å². The van der Waals surface area contributed by atoms with E-state index in [0.29, 0.717) is 0 Å². The van der Waals surface area contributed by atoms with Crippen molar-refractivity contribution in [2.24, 2.45) is 0 Å². The van der Waals surface area contributed by atoms with E-state index in [1.54, 1.807) is 12.1 Å². The Hall–Kier alpha value is -2.56. The van der Waals surface area contributed by atoms with Crippen LogP contribution in [0.4, 0.5) is 0 Å². The summed E-state index contributed by atoms with van der Waals surface area (Å²) in [7, 11) is 0. The number of carboxylic acids is 1. The van der Waals surface area contributed by atoms with Gasteiger partial charge in [0.05, 0.1) is 18.0 Å². The number of likely N-dealkylation sites (tertiary alicyclic amines) is 1. The third-order valence-electron chi connectivity index (χ3n) is 4.22. The molecular formula is C18H19NO4. The van der Waals surface area contributed by atoms with Crippen molar-refractivity contribution in [1.82, 2.24) is 4.90 Å². The molecule has 0 spiro atoms. The molecule has 1 N–H and O–H groups in total. The lowest BCUT2D eigenvalue weighted by Crippen LogP contribution is -2.31. The number of hydrogen-bond donors (Lipinski definition) is 1. The highest BCUT2D eigenvalue weighted by molar-refractivity contribution is 5.87. The molecule has 1 fully saturated rings. The Morgan fingerprint density at radius 2 is 1.96 bits per heavy atom. The molecular weight excluding hydrogens is 294 g/mol. The predicted molar refractivity (Wildman–Crippen MR) is 84.2 cm³/mol. The monoisotopic (exact) mass is 313 g/mol. The van der Waals surface area contributed by atoms with Gasteiger partial charge in [-0.25, -0.2) is 4.79 Å². The summed E-state index contributed by atoms with van der Waals surface area (Å²) in [6.45, 7) is 2.63. The van der Waals surface area contributed by atoms with Crippen molar-refractivity contribution in [3.05, 3.63) is 59.0 Å². The van der Waals surface area contributed by atoms with Gasteiger partial charge < -0.3 is 14.4 Å². The lowest BCUT2D eigenvalue weighted by molar-refractivity contribution is -0.131. The molecule has 2 aromatic rings. The smallest absolute Gasteiger partial charge is 0.335 e. The summed E-state index contributed by atoms with van der Waals surface area (Å²) in [6.07, 6.45) is 2.15. The number of aromatic carboxylic acids is 1. The van der Waals surface area contributed by atoms with E-state index in [0.717, 1.165) is 36.5 Å². The zero-order valence-corrected chi connectivity index (χ0v) is 13.0. The molecule has 1 unspecified atom stereocenters. The third-order valence-corrected chi connectivity index (χ3v) is 4.22. The van der Waals surface area contributed by atoms with Crippen molar-refractivity contribution in [2.45, 2.75) is 32.2 Å². The summed E-state index contributed by atoms with van der Waals surface area (Å²) >= 11 is 0. The van der Waals surface area contributed by atoms with Crippen LogP contribution in [0, 0.1) is 6.92 Å². The van der Waals surface area contributed by atoms with Gasteiger partial charge in [-0.15, -0.1) is 0 Å². The van der Waals surface area contributed by atoms with Gasteiger partial charge >= 0.3 is 5.97 Å². The van der Waals surface area contributed by atoms with E-state index in [2.05, 4.69) is 0 Å². The highest BCUT2D eigenvalue weighted by atomic mass is 16.4. The lowest BCUT2D eigenvalue weighted by Gasteiger charge is -2.23. The zero-order valence-electron chi connectivity index (χ0n) is 13.0. The number of hydrogen-bond acceptors (Lipinski definition) is 3. The average Bonchev–Trinajstić information content (AvgIpc) is 3.16. The Morgan fingerprint density at radius 1 is 1.22 bits per heavy atom. The highest BCUT2D eigenvalue weighted by Gasteiger charge is 2.31. The molecule has 0 bridgehead atoms. The topological polar surface area (TPSA) is 70.8 Å². The van der Waals surface area contributed by atoms with Crippen LogP contribution in [0.3, 0.4) is 0 Å². The molecule has 1 aromatic carbocycles. The van der Waals surface area contributed by atoms with Gasteiger partial charge in [0.15, 0.2) is 0 Å². The Morgan fingerprint density at radius 3 is 2.57 bits per heavy atom. The molecule has 1 amide bonds. The van der Waals surface area contributed by atoms with E-state index in [1.807, 2.05) is 24.0 Å². The molecule has 1 aliphatic heterocycles. The maximum Gasteiger partial charge on any atom is 0.335 e. The molecule has 1 aromatic heterocycles. The van der Waals surface area contributed by atoms with Gasteiger partial charge in [0, 0.05) is 6.54 Å². The molecule has 0 saturated carbocycles. The van der Waals surface area contributed by atoms with Gasteiger partial charge in [0.1, 0.15) is 11.5 Å². The molecule has 23 heavy (non-hydrogen) atoms. The number of carbonyl (C=O) groups excluding carboxylic acids is 1. The number of carbonyl (C=O) groups is 2. The Bertz CT molecular complexity index is 717. The number of nitrogens with zero attached hydrogens (tertiary/aromatic N) is 1. The Labute approximate surface area is 134 Å². The van der Waals surface area contributed by atoms with Crippen LogP contribution in [-0.2, 0) is 11.2 Å². The summed E-state index contributed by atoms with van der Waals surface area (Å²) < 4.78 is 5.68. The molecule has 1 atom stereocenters. The summed E-state index contributed by atoms with van der Waals surface area (Å²) in [5, 5.41) is 8.91. The first-order valence-corrected chi connectivity index (χ1v) is 7.72. The summed E-state index contributed by atoms with van der Waals surface area (Å²) in [5.74, 6) is 0.776. The first-order chi connectivity index (χ1) is 11.0. The SMILES string of the molecule is Cc1ccc(C2CCCN2C(=O)Cc2ccc(C(=O)O)cc2)o1. The van der Waals surface area contributed by atoms with Crippen molar-refractivity contribution in [1.29, 1.82) is 0 Å². The second-order valence-corrected chi connectivity index (χ2v) is 5.87. The van der Waals surface area contributed by atoms with E-state index in [1.165, 1.54) is 12.1 Å². The number of rotatable bonds is 4. The van der Waals surface area contributed by atoms with Crippen molar-refractivity contribution >= 4 is 11.9 Å². The summed E-state index contributed by atoms with van der Waals surface area (Å²) in [5.41, 5.74) is 1.05. The predicted octanol–water partition coefficient (Wildman–Crippen LogP) is 3.19. The largest absolute Gasteiger partial charge is 0.478 e. The summed E-state index contributed by atoms with van der Waals surface area (Å²) in [6, 6.07) is 10.3. The molecule has 5 heteroatoms. The number of carboxylic acid groups (broad SMARTS) is 1. The van der Waals surface area contributed by atoms with Crippen LogP contribution in [0.5, 0.6) is 0 Å². The van der Waals surface area contributed by atoms with E-state index in [4.69, 9.17) is 9.52 Å². The maximum atomic E-state index is 12.6. The van der Waals surface area contributed by atoms with Crippen LogP contribution in [0.1, 0.15) is 46.3 Å². The van der Waals surface area contributed by atoms with Crippen LogP contribution in [0.15, 0.2) is 40.8 Å². The number of benzene rings is 1. The quantitative estimate of drug-likeness (QED) is 0.941. The van der Waals surface area contributed by atoms with E-state index < -0.39 is 5.97 Å². The van der Waals surface area contributed by atoms with Crippen molar-refractivity contribution in [3.63, 3.8) is 0 Å². The minimum absolute atomic E-state index is 0.00879. The molecule has 0 aliphatic carbocycles. The number of furan rings is 1. The fourth-order valence-electron chi connectivity index (χ4n) is 3.03. The second kappa shape index (κ2) is 6.28. The second-order valence-electron chi connectivity index (χ2n) is 5.87. The number of amides is 1. The Balaban J connectivity index is 1.70. The first-order valence-electron chi connectivity index (χ1n) is 7.72. The third kappa shape index (κ3) is 3.28. The fourth-order valence-corrected chi connectivity index (χ4v) is 3.03. The molecule has 1 aliphatic rings. The van der Waals surface area contributed by atoms with Crippen molar-refractivity contribution in [2.75, 3.05) is 6.54 Å². The highest BCUT2D eigenvalue weighted by Crippen LogP contribution is 2.33. The molecule has 2 heterocycles. The first kappa shape index (κ1) is 15.3. The van der Waals surface area contributed by atoms with E-state index in [9.17, 15) is 9.59 Å². The van der Waals surface area contributed by atoms with Crippen molar-refractivity contribution < 1.29 is 19.1 Å². The molecule has 5 nitrogen and oxygen atoms in total. The van der Waals surface area contributed by atoms with Crippen LogP contribution < -0.4 is 0 Å². The van der Waals surface area contributed by atoms with Crippen LogP contribution >= 0.6 is 0 Å². The molecule has 0 radical (unpaired) electrons. The van der Waals surface area contributed by atoms with E-state index in [-0.39, 0.29) is 23.9 Å². The normalized spacial score (nSPS) is 17.4. The van der Waals surface area contributed by atoms with Gasteiger partial charge in [0.25, 0.3) is 0 Å². The van der Waals surface area contributed by atoms with Gasteiger partial charge in [-0.1, -0.05) is 12.1 Å². The van der Waals surface area contributed by atoms with Gasteiger partial charge in [-0.3, -0.25) is 4.79 Å². The fraction of sp³-hybridized carbons (Fsp3) is 0.333. The number of aryl methyl sites for hydroxylation is 1. The minimum Gasteiger partial charge on any atom is -0.478 e. The van der Waals surface area contributed by atoms with Gasteiger partial charge in [-0.2, -0.15) is 0 Å². The Kier molecular flexibility index (Phi) is 4.19. The molecule has 120 valence electrons.